The van der Waals surface area contributed by atoms with Gasteiger partial charge in [0.25, 0.3) is 0 Å². The maximum absolute atomic E-state index is 10.7. The Hall–Kier alpha value is -3.33. The van der Waals surface area contributed by atoms with Crippen molar-refractivity contribution < 1.29 is 83.4 Å². The summed E-state index contributed by atoms with van der Waals surface area (Å²) >= 11 is 0. The maximum Gasteiger partial charge on any atom is 2.00 e. The van der Waals surface area contributed by atoms with Crippen molar-refractivity contribution in [3.05, 3.63) is 91.5 Å². The summed E-state index contributed by atoms with van der Waals surface area (Å²) < 4.78 is 118. The molecule has 0 bridgehead atoms. The molecule has 0 amide bonds. The first-order valence-corrected chi connectivity index (χ1v) is 13.7. The van der Waals surface area contributed by atoms with Gasteiger partial charge >= 0.3 is 39.2 Å². The van der Waals surface area contributed by atoms with Crippen molar-refractivity contribution in [2.45, 2.75) is 11.0 Å². The summed E-state index contributed by atoms with van der Waals surface area (Å²) in [5.41, 5.74) is -7.37. The van der Waals surface area contributed by atoms with Crippen LogP contribution in [-0.2, 0) is 41.3 Å². The van der Waals surface area contributed by atoms with Gasteiger partial charge in [0.2, 0.25) is 0 Å². The van der Waals surface area contributed by atoms with Gasteiger partial charge in [-0.2, -0.15) is 26.3 Å². The summed E-state index contributed by atoms with van der Waals surface area (Å²) in [5, 5.41) is 17.1. The number of nitrogens with zero attached hydrogens (tertiary/aromatic N) is 4. The van der Waals surface area contributed by atoms with Gasteiger partial charge in [0.1, 0.15) is 0 Å². The fourth-order valence-electron chi connectivity index (χ4n) is 2.28. The largest absolute Gasteiger partial charge is 2.00 e. The fraction of sp³-hybridized carbons (Fsp3) is 0.0909. The Balaban J connectivity index is 0.000000609. The topological polar surface area (TPSA) is 206 Å². The van der Waals surface area contributed by atoms with Gasteiger partial charge in [-0.15, -0.1) is 0 Å². The molecule has 0 unspecified atom stereocenters. The standard InChI is InChI=1S/C15H11N3.C5H6BNO2.2CHF3O3S.Pt/c1-3-10-16-12(6-1)14-8-5-9-15(18-14)13-7-2-4-11-17-13;8-6(9)5-1-3-7-4-2-5;2*2-1(3,4)8(5,6)7;/h1-11H;1-4,8-9H;2*(H,5,6,7);/q;;;;+2/p-2. The molecule has 0 saturated carbocycles. The van der Waals surface area contributed by atoms with Crippen LogP contribution in [-0.4, -0.2) is 74.1 Å². The quantitative estimate of drug-likeness (QED) is 0.132. The van der Waals surface area contributed by atoms with Gasteiger partial charge in [-0.1, -0.05) is 18.2 Å². The molecule has 0 atom stereocenters. The Morgan fingerprint density at radius 2 is 0.932 bits per heavy atom. The average molecular weight is 849 g/mol. The van der Waals surface area contributed by atoms with Crippen molar-refractivity contribution in [1.82, 2.24) is 19.9 Å². The van der Waals surface area contributed by atoms with Crippen LogP contribution in [0.4, 0.5) is 26.3 Å². The van der Waals surface area contributed by atoms with E-state index in [0.29, 0.717) is 5.46 Å². The van der Waals surface area contributed by atoms with Gasteiger partial charge in [-0.3, -0.25) is 15.0 Å². The van der Waals surface area contributed by atoms with Crippen LogP contribution in [0.3, 0.4) is 0 Å². The SMILES string of the molecule is O=S(=O)([O-])C(F)(F)F.O=S(=O)([O-])C(F)(F)F.OB(O)c1ccncc1.[Pt+2].c1ccc(-c2cccc(-c3ccccn3)n2)nc1. The minimum Gasteiger partial charge on any atom is -0.741 e. The van der Waals surface area contributed by atoms with E-state index in [9.17, 15) is 26.3 Å². The third-order valence-electron chi connectivity index (χ3n) is 4.17. The Labute approximate surface area is 260 Å². The molecule has 2 N–H and O–H groups in total. The van der Waals surface area contributed by atoms with Gasteiger partial charge in [-0.25, -0.2) is 21.8 Å². The molecular formula is C22H17BF6N4O8PtS2. The van der Waals surface area contributed by atoms with Crippen LogP contribution in [0.2, 0.25) is 0 Å². The Morgan fingerprint density at radius 3 is 1.18 bits per heavy atom. The molecular weight excluding hydrogens is 832 g/mol. The first kappa shape index (κ1) is 40.7. The molecule has 0 radical (unpaired) electrons. The molecule has 0 saturated heterocycles. The normalized spacial score (nSPS) is 11.1. The second-order valence-electron chi connectivity index (χ2n) is 7.29. The zero-order chi connectivity index (χ0) is 32.9. The molecule has 0 aromatic carbocycles. The molecule has 0 spiro atoms. The van der Waals surface area contributed by atoms with Gasteiger partial charge in [0.05, 0.1) is 22.8 Å². The molecule has 4 aromatic rings. The Bertz CT molecular complexity index is 1530. The number of hydrogen-bond acceptors (Lipinski definition) is 12. The predicted octanol–water partition coefficient (Wildman–Crippen LogP) is 2.07. The van der Waals surface area contributed by atoms with Crippen LogP contribution in [0, 0.1) is 0 Å². The third kappa shape index (κ3) is 14.9. The van der Waals surface area contributed by atoms with Gasteiger partial charge < -0.3 is 19.2 Å². The molecule has 240 valence electrons. The summed E-state index contributed by atoms with van der Waals surface area (Å²) in [5.74, 6) is 0. The molecule has 0 fully saturated rings. The number of pyridine rings is 4. The summed E-state index contributed by atoms with van der Waals surface area (Å²) in [4.78, 5) is 16.9. The van der Waals surface area contributed by atoms with Crippen LogP contribution in [0.15, 0.2) is 91.5 Å². The molecule has 4 heterocycles. The van der Waals surface area contributed by atoms with Gasteiger partial charge in [0, 0.05) is 24.8 Å². The van der Waals surface area contributed by atoms with Gasteiger partial charge in [0.15, 0.2) is 20.2 Å². The van der Waals surface area contributed by atoms with Crippen LogP contribution in [0.1, 0.15) is 0 Å². The van der Waals surface area contributed by atoms with Crippen LogP contribution < -0.4 is 5.46 Å². The second-order valence-corrected chi connectivity index (χ2v) is 10.0. The van der Waals surface area contributed by atoms with Crippen molar-refractivity contribution in [3.63, 3.8) is 0 Å². The van der Waals surface area contributed by atoms with Crippen molar-refractivity contribution in [2.75, 3.05) is 0 Å². The summed E-state index contributed by atoms with van der Waals surface area (Å²) in [6.45, 7) is 0. The average Bonchev–Trinajstić information content (AvgIpc) is 2.93. The number of halogens is 6. The number of rotatable bonds is 3. The number of alkyl halides is 6. The molecule has 12 nitrogen and oxygen atoms in total. The first-order valence-electron chi connectivity index (χ1n) is 10.8. The maximum atomic E-state index is 10.7. The van der Waals surface area contributed by atoms with E-state index in [1.165, 1.54) is 12.4 Å². The van der Waals surface area contributed by atoms with E-state index in [0.717, 1.165) is 22.8 Å². The molecule has 4 rings (SSSR count). The summed E-state index contributed by atoms with van der Waals surface area (Å²) in [6.07, 6.45) is 6.55. The van der Waals surface area contributed by atoms with E-state index < -0.39 is 38.4 Å². The monoisotopic (exact) mass is 849 g/mol. The summed E-state index contributed by atoms with van der Waals surface area (Å²) in [6, 6.07) is 20.6. The van der Waals surface area contributed by atoms with E-state index >= 15 is 0 Å². The van der Waals surface area contributed by atoms with Crippen molar-refractivity contribution >= 4 is 32.8 Å². The molecule has 0 aliphatic carbocycles. The Kier molecular flexibility index (Phi) is 16.5. The van der Waals surface area contributed by atoms with Crippen LogP contribution in [0.5, 0.6) is 0 Å². The fourth-order valence-corrected chi connectivity index (χ4v) is 2.28. The Morgan fingerprint density at radius 1 is 0.591 bits per heavy atom. The van der Waals surface area contributed by atoms with E-state index in [4.69, 9.17) is 36.0 Å². The minimum absolute atomic E-state index is 0. The molecule has 0 aliphatic rings. The minimum atomic E-state index is -6.09. The summed E-state index contributed by atoms with van der Waals surface area (Å²) in [7, 11) is -13.6. The van der Waals surface area contributed by atoms with Gasteiger partial charge in [-0.05, 0) is 54.0 Å². The van der Waals surface area contributed by atoms with Crippen molar-refractivity contribution in [1.29, 1.82) is 0 Å². The predicted molar refractivity (Wildman–Crippen MR) is 136 cm³/mol. The van der Waals surface area contributed by atoms with Crippen molar-refractivity contribution in [3.8, 4) is 22.8 Å². The van der Waals surface area contributed by atoms with E-state index in [1.807, 2.05) is 54.6 Å². The number of hydrogen-bond donors (Lipinski definition) is 2. The van der Waals surface area contributed by atoms with Crippen molar-refractivity contribution in [2.24, 2.45) is 0 Å². The molecule has 22 heteroatoms. The first-order chi connectivity index (χ1) is 19.7. The van der Waals surface area contributed by atoms with Crippen LogP contribution in [0.25, 0.3) is 22.8 Å². The molecule has 4 aromatic heterocycles. The van der Waals surface area contributed by atoms with Crippen LogP contribution >= 0.6 is 0 Å². The van der Waals surface area contributed by atoms with E-state index in [-0.39, 0.29) is 21.1 Å². The zero-order valence-electron chi connectivity index (χ0n) is 21.3. The molecule has 0 aliphatic heterocycles. The second kappa shape index (κ2) is 17.8. The molecule has 44 heavy (non-hydrogen) atoms. The third-order valence-corrected chi connectivity index (χ3v) is 5.31. The smallest absolute Gasteiger partial charge is 0.741 e. The van der Waals surface area contributed by atoms with E-state index in [1.54, 1.807) is 24.5 Å². The number of aromatic nitrogens is 4. The zero-order valence-corrected chi connectivity index (χ0v) is 25.2. The van der Waals surface area contributed by atoms with E-state index in [2.05, 4.69) is 19.9 Å².